The summed E-state index contributed by atoms with van der Waals surface area (Å²) in [7, 11) is 0. The third-order valence-electron chi connectivity index (χ3n) is 3.28. The molecule has 19 heavy (non-hydrogen) atoms. The zero-order valence-corrected chi connectivity index (χ0v) is 12.1. The largest absolute Gasteiger partial charge is 0.352 e. The highest BCUT2D eigenvalue weighted by Gasteiger charge is 2.10. The van der Waals surface area contributed by atoms with Crippen molar-refractivity contribution in [1.82, 2.24) is 5.32 Å². The summed E-state index contributed by atoms with van der Waals surface area (Å²) in [5.74, 6) is 0.105. The van der Waals surface area contributed by atoms with Crippen molar-refractivity contribution in [1.29, 1.82) is 0 Å². The van der Waals surface area contributed by atoms with Crippen LogP contribution in [0.5, 0.6) is 0 Å². The van der Waals surface area contributed by atoms with E-state index in [1.54, 1.807) is 0 Å². The van der Waals surface area contributed by atoms with Gasteiger partial charge in [0.05, 0.1) is 0 Å². The van der Waals surface area contributed by atoms with Crippen LogP contribution in [0, 0.1) is 6.92 Å². The monoisotopic (exact) mass is 262 g/mol. The lowest BCUT2D eigenvalue weighted by atomic mass is 10.1. The molecule has 0 fully saturated rings. The number of hydrogen-bond donors (Lipinski definition) is 2. The van der Waals surface area contributed by atoms with Gasteiger partial charge in [0.1, 0.15) is 0 Å². The Morgan fingerprint density at radius 3 is 2.84 bits per heavy atom. The summed E-state index contributed by atoms with van der Waals surface area (Å²) in [4.78, 5) is 11.9. The maximum atomic E-state index is 11.9. The van der Waals surface area contributed by atoms with Crippen LogP contribution in [-0.2, 0) is 11.2 Å². The first-order valence-corrected chi connectivity index (χ1v) is 7.20. The average molecular weight is 262 g/mol. The van der Waals surface area contributed by atoms with E-state index in [4.69, 9.17) is 5.73 Å². The molecular formula is C16H26N2O. The Labute approximate surface area is 116 Å². The maximum absolute atomic E-state index is 11.9. The van der Waals surface area contributed by atoms with E-state index in [0.717, 1.165) is 25.7 Å². The minimum Gasteiger partial charge on any atom is -0.352 e. The third-order valence-corrected chi connectivity index (χ3v) is 3.28. The SMILES string of the molecule is CCCCC(CN)NC(=O)CCc1cccc(C)c1. The number of carbonyl (C=O) groups excluding carboxylic acids is 1. The Bertz CT molecular complexity index is 390. The number of amides is 1. The first-order chi connectivity index (χ1) is 9.15. The Morgan fingerprint density at radius 2 is 2.21 bits per heavy atom. The predicted octanol–water partition coefficient (Wildman–Crippen LogP) is 2.56. The highest BCUT2D eigenvalue weighted by molar-refractivity contribution is 5.76. The van der Waals surface area contributed by atoms with Gasteiger partial charge in [-0.1, -0.05) is 49.6 Å². The average Bonchev–Trinajstić information content (AvgIpc) is 2.41. The number of nitrogens with two attached hydrogens (primary N) is 1. The van der Waals surface area contributed by atoms with Gasteiger partial charge in [-0.3, -0.25) is 4.79 Å². The van der Waals surface area contributed by atoms with Crippen molar-refractivity contribution < 1.29 is 4.79 Å². The summed E-state index contributed by atoms with van der Waals surface area (Å²) in [5.41, 5.74) is 8.13. The van der Waals surface area contributed by atoms with Crippen LogP contribution in [0.3, 0.4) is 0 Å². The molecule has 1 aromatic carbocycles. The van der Waals surface area contributed by atoms with Crippen molar-refractivity contribution in [3.05, 3.63) is 35.4 Å². The van der Waals surface area contributed by atoms with Crippen LogP contribution in [0.25, 0.3) is 0 Å². The van der Waals surface area contributed by atoms with E-state index in [2.05, 4.69) is 37.4 Å². The number of carbonyl (C=O) groups is 1. The van der Waals surface area contributed by atoms with E-state index in [1.807, 2.05) is 6.07 Å². The van der Waals surface area contributed by atoms with Crippen molar-refractivity contribution in [2.24, 2.45) is 5.73 Å². The maximum Gasteiger partial charge on any atom is 0.220 e. The van der Waals surface area contributed by atoms with Gasteiger partial charge in [-0.05, 0) is 25.3 Å². The molecule has 1 unspecified atom stereocenters. The highest BCUT2D eigenvalue weighted by atomic mass is 16.1. The van der Waals surface area contributed by atoms with Crippen LogP contribution >= 0.6 is 0 Å². The van der Waals surface area contributed by atoms with Gasteiger partial charge in [0.25, 0.3) is 0 Å². The topological polar surface area (TPSA) is 55.1 Å². The molecule has 1 aromatic rings. The molecule has 0 aromatic heterocycles. The zero-order valence-electron chi connectivity index (χ0n) is 12.1. The number of nitrogens with one attached hydrogen (secondary N) is 1. The van der Waals surface area contributed by atoms with Crippen LogP contribution in [0.1, 0.15) is 43.7 Å². The number of hydrogen-bond acceptors (Lipinski definition) is 2. The standard InChI is InChI=1S/C16H26N2O/c1-3-4-8-15(12-17)18-16(19)10-9-14-7-5-6-13(2)11-14/h5-7,11,15H,3-4,8-10,12,17H2,1-2H3,(H,18,19). The Morgan fingerprint density at radius 1 is 1.42 bits per heavy atom. The molecule has 3 nitrogen and oxygen atoms in total. The molecule has 1 rings (SSSR count). The highest BCUT2D eigenvalue weighted by Crippen LogP contribution is 2.07. The molecule has 0 radical (unpaired) electrons. The van der Waals surface area contributed by atoms with E-state index in [9.17, 15) is 4.79 Å². The van der Waals surface area contributed by atoms with Crippen molar-refractivity contribution in [2.75, 3.05) is 6.54 Å². The first-order valence-electron chi connectivity index (χ1n) is 7.20. The Kier molecular flexibility index (Phi) is 7.19. The van der Waals surface area contributed by atoms with Gasteiger partial charge < -0.3 is 11.1 Å². The lowest BCUT2D eigenvalue weighted by Gasteiger charge is -2.16. The summed E-state index contributed by atoms with van der Waals surface area (Å²) in [5, 5.41) is 3.02. The molecule has 0 aliphatic carbocycles. The normalized spacial score (nSPS) is 12.2. The number of unbranched alkanes of at least 4 members (excludes halogenated alkanes) is 1. The molecule has 0 aliphatic heterocycles. The molecular weight excluding hydrogens is 236 g/mol. The summed E-state index contributed by atoms with van der Waals surface area (Å²) >= 11 is 0. The lowest BCUT2D eigenvalue weighted by molar-refractivity contribution is -0.121. The van der Waals surface area contributed by atoms with Gasteiger partial charge in [0.15, 0.2) is 0 Å². The quantitative estimate of drug-likeness (QED) is 0.756. The van der Waals surface area contributed by atoms with Crippen LogP contribution < -0.4 is 11.1 Å². The fraction of sp³-hybridized carbons (Fsp3) is 0.562. The molecule has 3 N–H and O–H groups in total. The van der Waals surface area contributed by atoms with Crippen LogP contribution in [0.4, 0.5) is 0 Å². The summed E-state index contributed by atoms with van der Waals surface area (Å²) in [6.07, 6.45) is 4.55. The van der Waals surface area contributed by atoms with Crippen molar-refractivity contribution in [3.63, 3.8) is 0 Å². The van der Waals surface area contributed by atoms with Gasteiger partial charge >= 0.3 is 0 Å². The molecule has 0 spiro atoms. The van der Waals surface area contributed by atoms with Crippen molar-refractivity contribution in [2.45, 2.75) is 52.0 Å². The molecule has 0 saturated carbocycles. The van der Waals surface area contributed by atoms with E-state index < -0.39 is 0 Å². The second-order valence-electron chi connectivity index (χ2n) is 5.13. The number of rotatable bonds is 8. The Balaban J connectivity index is 2.34. The zero-order chi connectivity index (χ0) is 14.1. The summed E-state index contributed by atoms with van der Waals surface area (Å²) in [6.45, 7) is 4.74. The predicted molar refractivity (Wildman–Crippen MR) is 80.0 cm³/mol. The van der Waals surface area contributed by atoms with E-state index in [1.165, 1.54) is 11.1 Å². The van der Waals surface area contributed by atoms with E-state index >= 15 is 0 Å². The number of aryl methyl sites for hydroxylation is 2. The first kappa shape index (κ1) is 15.7. The van der Waals surface area contributed by atoms with Crippen LogP contribution in [-0.4, -0.2) is 18.5 Å². The van der Waals surface area contributed by atoms with Gasteiger partial charge in [0.2, 0.25) is 5.91 Å². The minimum atomic E-state index is 0.105. The molecule has 0 aliphatic rings. The number of benzene rings is 1. The third kappa shape index (κ3) is 6.39. The molecule has 0 saturated heterocycles. The fourth-order valence-corrected chi connectivity index (χ4v) is 2.12. The minimum absolute atomic E-state index is 0.105. The van der Waals surface area contributed by atoms with E-state index in [-0.39, 0.29) is 11.9 Å². The Hall–Kier alpha value is -1.35. The fourth-order valence-electron chi connectivity index (χ4n) is 2.12. The molecule has 1 amide bonds. The van der Waals surface area contributed by atoms with Crippen LogP contribution in [0.15, 0.2) is 24.3 Å². The molecule has 3 heteroatoms. The molecule has 1 atom stereocenters. The summed E-state index contributed by atoms with van der Waals surface area (Å²) in [6, 6.07) is 8.43. The van der Waals surface area contributed by atoms with Crippen LogP contribution in [0.2, 0.25) is 0 Å². The molecule has 0 heterocycles. The van der Waals surface area contributed by atoms with Gasteiger partial charge in [-0.25, -0.2) is 0 Å². The van der Waals surface area contributed by atoms with Crippen molar-refractivity contribution >= 4 is 5.91 Å². The van der Waals surface area contributed by atoms with E-state index in [0.29, 0.717) is 13.0 Å². The lowest BCUT2D eigenvalue weighted by Crippen LogP contribution is -2.40. The second kappa shape index (κ2) is 8.70. The molecule has 106 valence electrons. The molecule has 0 bridgehead atoms. The van der Waals surface area contributed by atoms with Crippen molar-refractivity contribution in [3.8, 4) is 0 Å². The smallest absolute Gasteiger partial charge is 0.220 e. The van der Waals surface area contributed by atoms with Gasteiger partial charge in [0, 0.05) is 19.0 Å². The van der Waals surface area contributed by atoms with Gasteiger partial charge in [-0.15, -0.1) is 0 Å². The van der Waals surface area contributed by atoms with Gasteiger partial charge in [-0.2, -0.15) is 0 Å². The summed E-state index contributed by atoms with van der Waals surface area (Å²) < 4.78 is 0. The second-order valence-corrected chi connectivity index (χ2v) is 5.13.